The molecule has 0 aliphatic carbocycles. The molecule has 2 rings (SSSR count). The van der Waals surface area contributed by atoms with Crippen molar-refractivity contribution in [3.8, 4) is 5.75 Å². The predicted molar refractivity (Wildman–Crippen MR) is 80.7 cm³/mol. The molecule has 0 saturated heterocycles. The fourth-order valence-corrected chi connectivity index (χ4v) is 2.11. The van der Waals surface area contributed by atoms with Crippen LogP contribution in [0.5, 0.6) is 5.75 Å². The second-order valence-corrected chi connectivity index (χ2v) is 4.98. The van der Waals surface area contributed by atoms with Crippen molar-refractivity contribution in [3.05, 3.63) is 58.1 Å². The number of anilines is 1. The largest absolute Gasteiger partial charge is 0.488 e. The summed E-state index contributed by atoms with van der Waals surface area (Å²) >= 11 is 3.45. The number of nitrogens with two attached hydrogens (primary N) is 1. The summed E-state index contributed by atoms with van der Waals surface area (Å²) in [6.45, 7) is 0.343. The Bertz CT molecular complexity index is 628. The van der Waals surface area contributed by atoms with Gasteiger partial charge in [-0.2, -0.15) is 0 Å². The van der Waals surface area contributed by atoms with Crippen molar-refractivity contribution in [1.29, 1.82) is 0 Å². The number of ether oxygens (including phenoxy) is 2. The highest BCUT2D eigenvalue weighted by Crippen LogP contribution is 2.24. The monoisotopic (exact) mass is 335 g/mol. The highest BCUT2D eigenvalue weighted by atomic mass is 79.9. The standard InChI is InChI=1S/C15H14BrNO3/c1-19-15(18)12-8-11(17)6-7-14(12)20-9-10-4-2-3-5-13(10)16/h2-8H,9,17H2,1H3. The van der Waals surface area contributed by atoms with Crippen molar-refractivity contribution in [2.24, 2.45) is 0 Å². The molecule has 4 nitrogen and oxygen atoms in total. The average Bonchev–Trinajstić information content (AvgIpc) is 2.46. The van der Waals surface area contributed by atoms with Gasteiger partial charge in [-0.3, -0.25) is 0 Å². The van der Waals surface area contributed by atoms with Crippen molar-refractivity contribution in [2.75, 3.05) is 12.8 Å². The fourth-order valence-electron chi connectivity index (χ4n) is 1.71. The van der Waals surface area contributed by atoms with E-state index in [9.17, 15) is 4.79 Å². The molecule has 2 aromatic carbocycles. The molecule has 2 aromatic rings. The number of carbonyl (C=O) groups is 1. The van der Waals surface area contributed by atoms with Crippen LogP contribution in [0.2, 0.25) is 0 Å². The van der Waals surface area contributed by atoms with E-state index in [4.69, 9.17) is 15.2 Å². The summed E-state index contributed by atoms with van der Waals surface area (Å²) < 4.78 is 11.4. The molecule has 20 heavy (non-hydrogen) atoms. The SMILES string of the molecule is COC(=O)c1cc(N)ccc1OCc1ccccc1Br. The Morgan fingerprint density at radius 2 is 2.00 bits per heavy atom. The molecule has 0 saturated carbocycles. The van der Waals surface area contributed by atoms with Crippen LogP contribution in [0, 0.1) is 0 Å². The van der Waals surface area contributed by atoms with Crippen LogP contribution in [0.1, 0.15) is 15.9 Å². The minimum Gasteiger partial charge on any atom is -0.488 e. The van der Waals surface area contributed by atoms with Gasteiger partial charge in [0.2, 0.25) is 0 Å². The molecule has 0 heterocycles. The van der Waals surface area contributed by atoms with E-state index in [-0.39, 0.29) is 0 Å². The number of rotatable bonds is 4. The molecule has 0 spiro atoms. The lowest BCUT2D eigenvalue weighted by Gasteiger charge is -2.11. The van der Waals surface area contributed by atoms with Gasteiger partial charge in [-0.1, -0.05) is 34.1 Å². The molecule has 0 aliphatic rings. The third-order valence-corrected chi connectivity index (χ3v) is 3.52. The number of benzene rings is 2. The zero-order valence-corrected chi connectivity index (χ0v) is 12.5. The van der Waals surface area contributed by atoms with Crippen LogP contribution in [-0.2, 0) is 11.3 Å². The summed E-state index contributed by atoms with van der Waals surface area (Å²) in [5, 5.41) is 0. The molecule has 0 aliphatic heterocycles. The number of hydrogen-bond donors (Lipinski definition) is 1. The van der Waals surface area contributed by atoms with Crippen molar-refractivity contribution < 1.29 is 14.3 Å². The van der Waals surface area contributed by atoms with Gasteiger partial charge >= 0.3 is 5.97 Å². The van der Waals surface area contributed by atoms with Crippen LogP contribution in [0.4, 0.5) is 5.69 Å². The van der Waals surface area contributed by atoms with Gasteiger partial charge < -0.3 is 15.2 Å². The van der Waals surface area contributed by atoms with Gasteiger partial charge in [-0.05, 0) is 24.3 Å². The Labute approximate surface area is 125 Å². The molecule has 0 bridgehead atoms. The summed E-state index contributed by atoms with van der Waals surface area (Å²) in [7, 11) is 1.32. The molecule has 0 aromatic heterocycles. The van der Waals surface area contributed by atoms with E-state index in [2.05, 4.69) is 15.9 Å². The number of methoxy groups -OCH3 is 1. The minimum absolute atomic E-state index is 0.319. The molecule has 0 unspecified atom stereocenters. The number of halogens is 1. The first-order valence-corrected chi connectivity index (χ1v) is 6.75. The van der Waals surface area contributed by atoms with E-state index in [1.807, 2.05) is 24.3 Å². The van der Waals surface area contributed by atoms with Gasteiger partial charge in [0.25, 0.3) is 0 Å². The molecular formula is C15H14BrNO3. The number of esters is 1. The van der Waals surface area contributed by atoms with Crippen LogP contribution in [0.25, 0.3) is 0 Å². The summed E-state index contributed by atoms with van der Waals surface area (Å²) in [5.74, 6) is -0.0266. The fraction of sp³-hybridized carbons (Fsp3) is 0.133. The summed E-state index contributed by atoms with van der Waals surface area (Å²) in [5.41, 5.74) is 7.47. The zero-order valence-electron chi connectivity index (χ0n) is 10.9. The van der Waals surface area contributed by atoms with Gasteiger partial charge in [-0.15, -0.1) is 0 Å². The van der Waals surface area contributed by atoms with E-state index in [0.29, 0.717) is 23.6 Å². The topological polar surface area (TPSA) is 61.5 Å². The normalized spacial score (nSPS) is 10.1. The van der Waals surface area contributed by atoms with Gasteiger partial charge in [0, 0.05) is 15.7 Å². The van der Waals surface area contributed by atoms with Crippen LogP contribution in [-0.4, -0.2) is 13.1 Å². The Kier molecular flexibility index (Phi) is 4.63. The number of hydrogen-bond acceptors (Lipinski definition) is 4. The lowest BCUT2D eigenvalue weighted by atomic mass is 10.1. The highest BCUT2D eigenvalue weighted by molar-refractivity contribution is 9.10. The highest BCUT2D eigenvalue weighted by Gasteiger charge is 2.14. The van der Waals surface area contributed by atoms with E-state index in [1.54, 1.807) is 18.2 Å². The Balaban J connectivity index is 2.21. The predicted octanol–water partition coefficient (Wildman–Crippen LogP) is 3.40. The first kappa shape index (κ1) is 14.4. The van der Waals surface area contributed by atoms with Gasteiger partial charge in [0.1, 0.15) is 17.9 Å². The van der Waals surface area contributed by atoms with Gasteiger partial charge in [0.05, 0.1) is 7.11 Å². The molecule has 0 radical (unpaired) electrons. The summed E-state index contributed by atoms with van der Waals surface area (Å²) in [4.78, 5) is 11.7. The van der Waals surface area contributed by atoms with Crippen LogP contribution in [0.3, 0.4) is 0 Å². The molecular weight excluding hydrogens is 322 g/mol. The maximum atomic E-state index is 11.7. The quantitative estimate of drug-likeness (QED) is 0.687. The number of nitrogen functional groups attached to an aromatic ring is 1. The molecule has 5 heteroatoms. The lowest BCUT2D eigenvalue weighted by Crippen LogP contribution is -2.07. The van der Waals surface area contributed by atoms with Crippen molar-refractivity contribution >= 4 is 27.6 Å². The maximum Gasteiger partial charge on any atom is 0.341 e. The second kappa shape index (κ2) is 6.43. The summed E-state index contributed by atoms with van der Waals surface area (Å²) in [6.07, 6.45) is 0. The zero-order chi connectivity index (χ0) is 14.5. The lowest BCUT2D eigenvalue weighted by molar-refractivity contribution is 0.0595. The Morgan fingerprint density at radius 1 is 1.25 bits per heavy atom. The second-order valence-electron chi connectivity index (χ2n) is 4.13. The van der Waals surface area contributed by atoms with Crippen molar-refractivity contribution in [3.63, 3.8) is 0 Å². The molecule has 0 atom stereocenters. The van der Waals surface area contributed by atoms with Gasteiger partial charge in [-0.25, -0.2) is 4.79 Å². The molecule has 0 fully saturated rings. The molecule has 0 amide bonds. The van der Waals surface area contributed by atoms with Crippen LogP contribution in [0.15, 0.2) is 46.9 Å². The minimum atomic E-state index is -0.473. The van der Waals surface area contributed by atoms with E-state index >= 15 is 0 Å². The van der Waals surface area contributed by atoms with E-state index in [1.165, 1.54) is 7.11 Å². The Morgan fingerprint density at radius 3 is 2.70 bits per heavy atom. The van der Waals surface area contributed by atoms with Crippen LogP contribution < -0.4 is 10.5 Å². The third-order valence-electron chi connectivity index (χ3n) is 2.75. The van der Waals surface area contributed by atoms with Crippen LogP contribution >= 0.6 is 15.9 Å². The van der Waals surface area contributed by atoms with Crippen molar-refractivity contribution in [1.82, 2.24) is 0 Å². The van der Waals surface area contributed by atoms with Gasteiger partial charge in [0.15, 0.2) is 0 Å². The first-order chi connectivity index (χ1) is 9.61. The smallest absolute Gasteiger partial charge is 0.341 e. The summed E-state index contributed by atoms with van der Waals surface area (Å²) in [6, 6.07) is 12.6. The number of carbonyl (C=O) groups excluding carboxylic acids is 1. The third kappa shape index (κ3) is 3.30. The first-order valence-electron chi connectivity index (χ1n) is 5.96. The molecule has 104 valence electrons. The Hall–Kier alpha value is -2.01. The average molecular weight is 336 g/mol. The van der Waals surface area contributed by atoms with Crippen molar-refractivity contribution in [2.45, 2.75) is 6.61 Å². The maximum absolute atomic E-state index is 11.7. The van der Waals surface area contributed by atoms with E-state index < -0.39 is 5.97 Å². The molecule has 2 N–H and O–H groups in total. The van der Waals surface area contributed by atoms with E-state index in [0.717, 1.165) is 10.0 Å².